The number of carbonyl (C=O) groups is 1. The second-order valence-electron chi connectivity index (χ2n) is 3.82. The molecule has 0 unspecified atom stereocenters. The molecule has 0 bridgehead atoms. The summed E-state index contributed by atoms with van der Waals surface area (Å²) in [6, 6.07) is 7.71. The summed E-state index contributed by atoms with van der Waals surface area (Å²) in [5.41, 5.74) is 4.53. The second kappa shape index (κ2) is 5.07. The van der Waals surface area contributed by atoms with Crippen molar-refractivity contribution in [2.75, 3.05) is 0 Å². The van der Waals surface area contributed by atoms with Gasteiger partial charge in [0.15, 0.2) is 0 Å². The minimum Gasteiger partial charge on any atom is -0.267 e. The summed E-state index contributed by atoms with van der Waals surface area (Å²) in [6.45, 7) is 0. The van der Waals surface area contributed by atoms with Gasteiger partial charge in [0.1, 0.15) is 10.7 Å². The lowest BCUT2D eigenvalue weighted by Gasteiger charge is -2.00. The maximum Gasteiger partial charge on any atom is 0.273 e. The standard InChI is InChI=1S/C13H8BrN3OS/c14-10-4-2-1-3-8(10)7-9-11(16-17-12(9)18)13-15-5-6-19-13/h1-7H,(H,17,18)/b9-7-. The van der Waals surface area contributed by atoms with Crippen LogP contribution in [-0.4, -0.2) is 16.6 Å². The summed E-state index contributed by atoms with van der Waals surface area (Å²) in [6.07, 6.45) is 3.51. The zero-order valence-electron chi connectivity index (χ0n) is 9.63. The zero-order valence-corrected chi connectivity index (χ0v) is 12.0. The Bertz CT molecular complexity index is 692. The lowest BCUT2D eigenvalue weighted by Crippen LogP contribution is -2.13. The van der Waals surface area contributed by atoms with E-state index in [4.69, 9.17) is 0 Å². The molecular weight excluding hydrogens is 326 g/mol. The summed E-state index contributed by atoms with van der Waals surface area (Å²) >= 11 is 4.92. The Morgan fingerprint density at radius 2 is 2.16 bits per heavy atom. The van der Waals surface area contributed by atoms with Crippen molar-refractivity contribution in [2.24, 2.45) is 5.10 Å². The molecule has 0 saturated carbocycles. The van der Waals surface area contributed by atoms with Gasteiger partial charge in [0.2, 0.25) is 0 Å². The fourth-order valence-electron chi connectivity index (χ4n) is 1.72. The number of hydrazone groups is 1. The highest BCUT2D eigenvalue weighted by Crippen LogP contribution is 2.23. The van der Waals surface area contributed by atoms with Gasteiger partial charge in [0, 0.05) is 16.0 Å². The Morgan fingerprint density at radius 3 is 2.89 bits per heavy atom. The summed E-state index contributed by atoms with van der Waals surface area (Å²) in [4.78, 5) is 16.1. The van der Waals surface area contributed by atoms with E-state index in [-0.39, 0.29) is 5.91 Å². The van der Waals surface area contributed by atoms with Crippen LogP contribution < -0.4 is 5.43 Å². The molecule has 1 aliphatic rings. The van der Waals surface area contributed by atoms with Crippen LogP contribution in [-0.2, 0) is 4.79 Å². The minimum atomic E-state index is -0.207. The van der Waals surface area contributed by atoms with Crippen molar-refractivity contribution in [1.29, 1.82) is 0 Å². The molecule has 0 saturated heterocycles. The van der Waals surface area contributed by atoms with Gasteiger partial charge in [-0.2, -0.15) is 5.10 Å². The lowest BCUT2D eigenvalue weighted by molar-refractivity contribution is -0.116. The Hall–Kier alpha value is -1.79. The van der Waals surface area contributed by atoms with Gasteiger partial charge >= 0.3 is 0 Å². The van der Waals surface area contributed by atoms with Crippen LogP contribution in [0.3, 0.4) is 0 Å². The fourth-order valence-corrected chi connectivity index (χ4v) is 2.76. The third-order valence-electron chi connectivity index (χ3n) is 2.61. The summed E-state index contributed by atoms with van der Waals surface area (Å²) < 4.78 is 0.931. The van der Waals surface area contributed by atoms with Crippen LogP contribution in [0.4, 0.5) is 0 Å². The van der Waals surface area contributed by atoms with Crippen LogP contribution in [0.25, 0.3) is 6.08 Å². The average Bonchev–Trinajstić information content (AvgIpc) is 3.03. The number of nitrogens with one attached hydrogen (secondary N) is 1. The smallest absolute Gasteiger partial charge is 0.267 e. The van der Waals surface area contributed by atoms with E-state index < -0.39 is 0 Å². The van der Waals surface area contributed by atoms with E-state index in [2.05, 4.69) is 31.4 Å². The molecule has 2 heterocycles. The first-order valence-electron chi connectivity index (χ1n) is 5.50. The molecule has 4 nitrogen and oxygen atoms in total. The predicted octanol–water partition coefficient (Wildman–Crippen LogP) is 2.82. The number of thiazole rings is 1. The van der Waals surface area contributed by atoms with E-state index in [9.17, 15) is 4.79 Å². The second-order valence-corrected chi connectivity index (χ2v) is 5.57. The van der Waals surface area contributed by atoms with Gasteiger partial charge < -0.3 is 0 Å². The molecule has 0 fully saturated rings. The monoisotopic (exact) mass is 333 g/mol. The van der Waals surface area contributed by atoms with Crippen molar-refractivity contribution in [3.63, 3.8) is 0 Å². The summed E-state index contributed by atoms with van der Waals surface area (Å²) in [5.74, 6) is -0.207. The predicted molar refractivity (Wildman–Crippen MR) is 78.9 cm³/mol. The van der Waals surface area contributed by atoms with Crippen molar-refractivity contribution in [3.05, 3.63) is 56.5 Å². The van der Waals surface area contributed by atoms with E-state index in [0.29, 0.717) is 11.3 Å². The van der Waals surface area contributed by atoms with Gasteiger partial charge in [-0.1, -0.05) is 34.1 Å². The summed E-state index contributed by atoms with van der Waals surface area (Å²) in [5, 5.41) is 6.64. The molecular formula is C13H8BrN3OS. The quantitative estimate of drug-likeness (QED) is 0.859. The number of hydrogen-bond donors (Lipinski definition) is 1. The zero-order chi connectivity index (χ0) is 13.2. The highest BCUT2D eigenvalue weighted by Gasteiger charge is 2.25. The van der Waals surface area contributed by atoms with Crippen LogP contribution >= 0.6 is 27.3 Å². The Kier molecular flexibility index (Phi) is 3.27. The van der Waals surface area contributed by atoms with Gasteiger partial charge in [0.05, 0.1) is 5.57 Å². The third-order valence-corrected chi connectivity index (χ3v) is 4.11. The van der Waals surface area contributed by atoms with Gasteiger partial charge in [-0.25, -0.2) is 10.4 Å². The van der Waals surface area contributed by atoms with E-state index in [1.54, 1.807) is 6.20 Å². The molecule has 0 spiro atoms. The first kappa shape index (κ1) is 12.3. The molecule has 1 amide bonds. The van der Waals surface area contributed by atoms with Gasteiger partial charge in [-0.15, -0.1) is 11.3 Å². The highest BCUT2D eigenvalue weighted by atomic mass is 79.9. The molecule has 1 aromatic heterocycles. The first-order valence-corrected chi connectivity index (χ1v) is 7.17. The maximum absolute atomic E-state index is 11.9. The fraction of sp³-hybridized carbons (Fsp3) is 0. The Labute approximate surface area is 122 Å². The van der Waals surface area contributed by atoms with E-state index in [0.717, 1.165) is 15.0 Å². The molecule has 0 radical (unpaired) electrons. The van der Waals surface area contributed by atoms with E-state index in [1.165, 1.54) is 11.3 Å². The number of amides is 1. The molecule has 94 valence electrons. The largest absolute Gasteiger partial charge is 0.273 e. The molecule has 1 N–H and O–H groups in total. The molecule has 2 aromatic rings. The van der Waals surface area contributed by atoms with E-state index in [1.807, 2.05) is 35.7 Å². The lowest BCUT2D eigenvalue weighted by atomic mass is 10.1. The van der Waals surface area contributed by atoms with Gasteiger partial charge in [-0.05, 0) is 17.7 Å². The Balaban J connectivity index is 2.05. The van der Waals surface area contributed by atoms with Crippen LogP contribution in [0.2, 0.25) is 0 Å². The number of halogens is 1. The SMILES string of the molecule is O=C1NN=C(c2nccs2)/C1=C/c1ccccc1Br. The molecule has 1 aromatic carbocycles. The van der Waals surface area contributed by atoms with Crippen molar-refractivity contribution in [2.45, 2.75) is 0 Å². The third kappa shape index (κ3) is 2.36. The average molecular weight is 334 g/mol. The van der Waals surface area contributed by atoms with Crippen molar-refractivity contribution in [1.82, 2.24) is 10.4 Å². The number of carbonyl (C=O) groups excluding carboxylic acids is 1. The molecule has 0 atom stereocenters. The molecule has 3 rings (SSSR count). The van der Waals surface area contributed by atoms with Crippen molar-refractivity contribution >= 4 is 45.0 Å². The van der Waals surface area contributed by atoms with Crippen LogP contribution in [0.1, 0.15) is 10.6 Å². The number of nitrogens with zero attached hydrogens (tertiary/aromatic N) is 2. The number of benzene rings is 1. The van der Waals surface area contributed by atoms with Crippen LogP contribution in [0.15, 0.2) is 51.0 Å². The summed E-state index contributed by atoms with van der Waals surface area (Å²) in [7, 11) is 0. The van der Waals surface area contributed by atoms with Crippen LogP contribution in [0, 0.1) is 0 Å². The van der Waals surface area contributed by atoms with Gasteiger partial charge in [-0.3, -0.25) is 4.79 Å². The van der Waals surface area contributed by atoms with Crippen molar-refractivity contribution < 1.29 is 4.79 Å². The van der Waals surface area contributed by atoms with Gasteiger partial charge in [0.25, 0.3) is 5.91 Å². The Morgan fingerprint density at radius 1 is 1.32 bits per heavy atom. The first-order chi connectivity index (χ1) is 9.25. The number of rotatable bonds is 2. The number of hydrogen-bond acceptors (Lipinski definition) is 4. The molecule has 19 heavy (non-hydrogen) atoms. The minimum absolute atomic E-state index is 0.207. The topological polar surface area (TPSA) is 54.4 Å². The normalized spacial score (nSPS) is 16.6. The molecule has 1 aliphatic heterocycles. The molecule has 0 aliphatic carbocycles. The highest BCUT2D eigenvalue weighted by molar-refractivity contribution is 9.10. The number of aromatic nitrogens is 1. The van der Waals surface area contributed by atoms with Crippen LogP contribution in [0.5, 0.6) is 0 Å². The molecule has 6 heteroatoms. The van der Waals surface area contributed by atoms with E-state index >= 15 is 0 Å². The van der Waals surface area contributed by atoms with Crippen molar-refractivity contribution in [3.8, 4) is 0 Å². The maximum atomic E-state index is 11.9.